The van der Waals surface area contributed by atoms with Crippen molar-refractivity contribution in [2.24, 2.45) is 0 Å². The molecule has 110 valence electrons. The van der Waals surface area contributed by atoms with E-state index < -0.39 is 17.7 Å². The second-order valence-corrected chi connectivity index (χ2v) is 5.18. The zero-order valence-corrected chi connectivity index (χ0v) is 12.1. The third-order valence-electron chi connectivity index (χ3n) is 3.20. The number of halogens is 3. The van der Waals surface area contributed by atoms with E-state index in [2.05, 4.69) is 5.32 Å². The maximum Gasteiger partial charge on any atom is 0.142 e. The topological polar surface area (TPSA) is 21.3 Å². The lowest BCUT2D eigenvalue weighted by Gasteiger charge is -2.25. The van der Waals surface area contributed by atoms with Crippen LogP contribution in [0.3, 0.4) is 0 Å². The molecule has 0 fully saturated rings. The quantitative estimate of drug-likeness (QED) is 0.816. The van der Waals surface area contributed by atoms with E-state index >= 15 is 0 Å². The molecule has 0 radical (unpaired) electrons. The number of allylic oxidation sites excluding steroid dienone is 1. The van der Waals surface area contributed by atoms with Crippen LogP contribution < -0.4 is 5.32 Å². The lowest BCUT2D eigenvalue weighted by molar-refractivity contribution is 0.166. The van der Waals surface area contributed by atoms with Crippen LogP contribution in [-0.4, -0.2) is 13.2 Å². The van der Waals surface area contributed by atoms with Crippen LogP contribution in [0.1, 0.15) is 37.8 Å². The molecule has 2 nitrogen and oxygen atoms in total. The Bertz CT molecular complexity index is 505. The molecule has 2 rings (SSSR count). The Morgan fingerprint density at radius 1 is 1.35 bits per heavy atom. The van der Waals surface area contributed by atoms with Crippen molar-refractivity contribution in [1.82, 2.24) is 5.32 Å². The Morgan fingerprint density at radius 2 is 2.15 bits per heavy atom. The van der Waals surface area contributed by atoms with E-state index in [0.29, 0.717) is 18.9 Å². The van der Waals surface area contributed by atoms with Gasteiger partial charge < -0.3 is 10.1 Å². The van der Waals surface area contributed by atoms with Crippen LogP contribution in [0.5, 0.6) is 0 Å². The predicted octanol–water partition coefficient (Wildman–Crippen LogP) is 4.35. The highest BCUT2D eigenvalue weighted by Gasteiger charge is 2.23. The highest BCUT2D eigenvalue weighted by atomic mass is 35.5. The molecule has 1 unspecified atom stereocenters. The fraction of sp³-hybridized carbons (Fsp3) is 0.467. The van der Waals surface area contributed by atoms with E-state index in [1.807, 2.05) is 13.0 Å². The summed E-state index contributed by atoms with van der Waals surface area (Å²) < 4.78 is 33.3. The summed E-state index contributed by atoms with van der Waals surface area (Å²) in [5, 5.41) is 2.99. The molecule has 20 heavy (non-hydrogen) atoms. The Morgan fingerprint density at radius 3 is 2.80 bits per heavy atom. The molecule has 0 spiro atoms. The van der Waals surface area contributed by atoms with Gasteiger partial charge in [-0.1, -0.05) is 18.5 Å². The van der Waals surface area contributed by atoms with Gasteiger partial charge in [-0.25, -0.2) is 8.78 Å². The molecule has 1 aromatic carbocycles. The van der Waals surface area contributed by atoms with E-state index in [1.54, 1.807) is 0 Å². The van der Waals surface area contributed by atoms with Gasteiger partial charge in [-0.15, -0.1) is 0 Å². The number of benzene rings is 1. The van der Waals surface area contributed by atoms with Gasteiger partial charge >= 0.3 is 0 Å². The lowest BCUT2D eigenvalue weighted by atomic mass is 10.0. The van der Waals surface area contributed by atoms with Gasteiger partial charge in [0.2, 0.25) is 0 Å². The predicted molar refractivity (Wildman–Crippen MR) is 75.7 cm³/mol. The molecule has 1 heterocycles. The number of hydrogen-bond donors (Lipinski definition) is 1. The minimum absolute atomic E-state index is 0.209. The number of rotatable bonds is 5. The summed E-state index contributed by atoms with van der Waals surface area (Å²) >= 11 is 5.60. The normalized spacial score (nSPS) is 16.5. The van der Waals surface area contributed by atoms with Crippen molar-refractivity contribution in [2.45, 2.75) is 32.2 Å². The van der Waals surface area contributed by atoms with Gasteiger partial charge in [0.25, 0.3) is 0 Å². The first-order valence-corrected chi connectivity index (χ1v) is 7.22. The molecule has 0 aromatic heterocycles. The minimum Gasteiger partial charge on any atom is -0.496 e. The molecule has 0 aliphatic carbocycles. The summed E-state index contributed by atoms with van der Waals surface area (Å²) in [6, 6.07) is 1.68. The van der Waals surface area contributed by atoms with Gasteiger partial charge in [-0.3, -0.25) is 0 Å². The summed E-state index contributed by atoms with van der Waals surface area (Å²) in [5.41, 5.74) is 0.230. The van der Waals surface area contributed by atoms with E-state index in [1.165, 1.54) is 0 Å². The molecule has 1 aliphatic heterocycles. The number of hydrogen-bond acceptors (Lipinski definition) is 2. The summed E-state index contributed by atoms with van der Waals surface area (Å²) in [7, 11) is 0. The van der Waals surface area contributed by atoms with Gasteiger partial charge in [0.15, 0.2) is 0 Å². The maximum absolute atomic E-state index is 14.1. The highest BCUT2D eigenvalue weighted by Crippen LogP contribution is 2.30. The maximum atomic E-state index is 14.1. The standard InChI is InChI=1S/C15H18ClF2NO/c1-2-6-19-15(14-5-3-4-7-20-14)10-8-13(18)11(16)9-12(10)17/h5,8-9,15,19H,2-4,6-7H2,1H3. The van der Waals surface area contributed by atoms with Crippen LogP contribution in [-0.2, 0) is 4.74 Å². The molecule has 1 aromatic rings. The van der Waals surface area contributed by atoms with Crippen LogP contribution in [0.15, 0.2) is 24.0 Å². The fourth-order valence-electron chi connectivity index (χ4n) is 2.19. The Kier molecular flexibility index (Phi) is 5.38. The summed E-state index contributed by atoms with van der Waals surface area (Å²) in [6.07, 6.45) is 4.66. The first-order chi connectivity index (χ1) is 9.63. The van der Waals surface area contributed by atoms with E-state index in [0.717, 1.165) is 31.4 Å². The molecule has 1 N–H and O–H groups in total. The van der Waals surface area contributed by atoms with Gasteiger partial charge in [-0.05, 0) is 44.0 Å². The van der Waals surface area contributed by atoms with Crippen LogP contribution in [0.25, 0.3) is 0 Å². The van der Waals surface area contributed by atoms with Crippen molar-refractivity contribution < 1.29 is 13.5 Å². The second kappa shape index (κ2) is 7.04. The smallest absolute Gasteiger partial charge is 0.142 e. The van der Waals surface area contributed by atoms with Crippen LogP contribution in [0.2, 0.25) is 5.02 Å². The molecule has 5 heteroatoms. The first-order valence-electron chi connectivity index (χ1n) is 6.84. The zero-order valence-electron chi connectivity index (χ0n) is 11.4. The molecule has 0 saturated carbocycles. The number of ether oxygens (including phenoxy) is 1. The Hall–Kier alpha value is -1.13. The van der Waals surface area contributed by atoms with Crippen molar-refractivity contribution in [2.75, 3.05) is 13.2 Å². The summed E-state index contributed by atoms with van der Waals surface area (Å²) in [6.45, 7) is 3.31. The minimum atomic E-state index is -0.622. The van der Waals surface area contributed by atoms with Gasteiger partial charge in [0.1, 0.15) is 17.4 Å². The SMILES string of the molecule is CCCNC(C1=CCCCO1)c1cc(F)c(Cl)cc1F. The molecule has 0 amide bonds. The largest absolute Gasteiger partial charge is 0.496 e. The third kappa shape index (κ3) is 3.49. The third-order valence-corrected chi connectivity index (χ3v) is 3.49. The van der Waals surface area contributed by atoms with E-state index in [9.17, 15) is 8.78 Å². The second-order valence-electron chi connectivity index (χ2n) is 4.77. The zero-order chi connectivity index (χ0) is 14.5. The monoisotopic (exact) mass is 301 g/mol. The molecular formula is C15H18ClF2NO. The highest BCUT2D eigenvalue weighted by molar-refractivity contribution is 6.30. The molecule has 0 bridgehead atoms. The molecule has 1 aliphatic rings. The fourth-order valence-corrected chi connectivity index (χ4v) is 2.34. The average Bonchev–Trinajstić information content (AvgIpc) is 2.45. The van der Waals surface area contributed by atoms with Crippen molar-refractivity contribution in [3.05, 3.63) is 46.2 Å². The van der Waals surface area contributed by atoms with Crippen molar-refractivity contribution >= 4 is 11.6 Å². The Labute approximate surface area is 122 Å². The van der Waals surface area contributed by atoms with Crippen LogP contribution in [0.4, 0.5) is 8.78 Å². The summed E-state index contributed by atoms with van der Waals surface area (Å²) in [4.78, 5) is 0. The average molecular weight is 302 g/mol. The molecule has 1 atom stereocenters. The van der Waals surface area contributed by atoms with Gasteiger partial charge in [0, 0.05) is 5.56 Å². The Balaban J connectivity index is 2.35. The molecule has 0 saturated heterocycles. The summed E-state index contributed by atoms with van der Waals surface area (Å²) in [5.74, 6) is -0.492. The van der Waals surface area contributed by atoms with Crippen molar-refractivity contribution in [3.8, 4) is 0 Å². The molecular weight excluding hydrogens is 284 g/mol. The van der Waals surface area contributed by atoms with E-state index in [4.69, 9.17) is 16.3 Å². The van der Waals surface area contributed by atoms with E-state index in [-0.39, 0.29) is 10.6 Å². The first kappa shape index (κ1) is 15.3. The van der Waals surface area contributed by atoms with Crippen LogP contribution in [0, 0.1) is 11.6 Å². The lowest BCUT2D eigenvalue weighted by Crippen LogP contribution is -2.27. The number of nitrogens with one attached hydrogen (secondary N) is 1. The van der Waals surface area contributed by atoms with Gasteiger partial charge in [-0.2, -0.15) is 0 Å². The van der Waals surface area contributed by atoms with Crippen molar-refractivity contribution in [1.29, 1.82) is 0 Å². The van der Waals surface area contributed by atoms with Gasteiger partial charge in [0.05, 0.1) is 17.7 Å². The van der Waals surface area contributed by atoms with Crippen molar-refractivity contribution in [3.63, 3.8) is 0 Å². The van der Waals surface area contributed by atoms with Crippen LogP contribution >= 0.6 is 11.6 Å².